The van der Waals surface area contributed by atoms with Gasteiger partial charge in [0.05, 0.1) is 5.69 Å². The normalized spacial score (nSPS) is 11.9. The zero-order chi connectivity index (χ0) is 36.8. The molecule has 0 aliphatic rings. The molecular weight excluding hydrogens is 673 g/mol. The predicted octanol–water partition coefficient (Wildman–Crippen LogP) is 14.8. The Labute approximate surface area is 318 Å². The summed E-state index contributed by atoms with van der Waals surface area (Å²) in [6.07, 6.45) is 0. The van der Waals surface area contributed by atoms with Crippen LogP contribution < -0.4 is 9.80 Å². The summed E-state index contributed by atoms with van der Waals surface area (Å²) in [7, 11) is 2.17. The van der Waals surface area contributed by atoms with Crippen LogP contribution in [0.1, 0.15) is 11.1 Å². The Morgan fingerprint density at radius 3 is 1.35 bits per heavy atom. The van der Waals surface area contributed by atoms with Gasteiger partial charge in [-0.15, -0.1) is 0 Å². The molecule has 11 rings (SSSR count). The summed E-state index contributed by atoms with van der Waals surface area (Å²) in [4.78, 5) is 4.72. The Balaban J connectivity index is 1.15. The minimum absolute atomic E-state index is 0.888. The van der Waals surface area contributed by atoms with Gasteiger partial charge in [0.2, 0.25) is 0 Å². The highest BCUT2D eigenvalue weighted by Gasteiger charge is 2.22. The summed E-state index contributed by atoms with van der Waals surface area (Å²) in [5, 5.41) is 11.7. The molecule has 4 nitrogen and oxygen atoms in total. The number of rotatable bonds is 5. The van der Waals surface area contributed by atoms with Gasteiger partial charge < -0.3 is 18.6 Å². The van der Waals surface area contributed by atoms with Gasteiger partial charge in [-0.25, -0.2) is 0 Å². The van der Waals surface area contributed by atoms with Crippen LogP contribution >= 0.6 is 0 Å². The molecule has 2 aromatic heterocycles. The molecule has 0 aliphatic carbocycles. The summed E-state index contributed by atoms with van der Waals surface area (Å²) < 4.78 is 12.5. The van der Waals surface area contributed by atoms with E-state index in [9.17, 15) is 0 Å². The van der Waals surface area contributed by atoms with Gasteiger partial charge in [0, 0.05) is 62.1 Å². The smallest absolute Gasteiger partial charge is 0.135 e. The van der Waals surface area contributed by atoms with Crippen molar-refractivity contribution in [3.63, 3.8) is 0 Å². The molecule has 0 aliphatic heterocycles. The fourth-order valence-electron chi connectivity index (χ4n) is 8.62. The topological polar surface area (TPSA) is 32.8 Å². The van der Waals surface area contributed by atoms with Crippen LogP contribution in [0.3, 0.4) is 0 Å². The average molecular weight is 709 g/mol. The highest BCUT2D eigenvalue weighted by atomic mass is 16.3. The van der Waals surface area contributed by atoms with E-state index in [1.807, 2.05) is 0 Å². The van der Waals surface area contributed by atoms with Gasteiger partial charge in [-0.2, -0.15) is 0 Å². The zero-order valence-electron chi connectivity index (χ0n) is 30.8. The molecule has 55 heavy (non-hydrogen) atoms. The maximum absolute atomic E-state index is 6.31. The fourth-order valence-corrected chi connectivity index (χ4v) is 8.62. The first-order chi connectivity index (χ1) is 27.0. The van der Waals surface area contributed by atoms with Crippen LogP contribution in [0.2, 0.25) is 0 Å². The number of para-hydroxylation sites is 1. The number of benzene rings is 9. The minimum atomic E-state index is 0.888. The van der Waals surface area contributed by atoms with E-state index in [-0.39, 0.29) is 0 Å². The second-order valence-electron chi connectivity index (χ2n) is 14.8. The molecule has 0 bridgehead atoms. The lowest BCUT2D eigenvalue weighted by molar-refractivity contribution is 0.668. The average Bonchev–Trinajstić information content (AvgIpc) is 3.77. The van der Waals surface area contributed by atoms with Crippen molar-refractivity contribution < 1.29 is 8.83 Å². The predicted molar refractivity (Wildman–Crippen MR) is 232 cm³/mol. The third kappa shape index (κ3) is 4.92. The number of fused-ring (bicyclic) bond motifs is 11. The second kappa shape index (κ2) is 12.0. The lowest BCUT2D eigenvalue weighted by Crippen LogP contribution is -2.11. The summed E-state index contributed by atoms with van der Waals surface area (Å²) in [6.45, 7) is 4.26. The number of nitrogens with zero attached hydrogens (tertiary/aromatic N) is 2. The molecule has 0 unspecified atom stereocenters. The van der Waals surface area contributed by atoms with Crippen LogP contribution in [0.4, 0.5) is 28.4 Å². The molecule has 0 saturated heterocycles. The highest BCUT2D eigenvalue weighted by Crippen LogP contribution is 2.47. The van der Waals surface area contributed by atoms with Gasteiger partial charge >= 0.3 is 0 Å². The van der Waals surface area contributed by atoms with Crippen molar-refractivity contribution in [2.24, 2.45) is 0 Å². The molecule has 4 heteroatoms. The standard InChI is InChI=1S/C51H36N2O2/c1-31-17-21-48-42(25-31)44-27-34(19-23-50(44)54-48)52(3)46-29-40-37-14-8-10-16-39(37)47(30-41(40)36-13-7-9-15-38(36)46)53(33-11-5-4-6-12-33)35-20-24-51-45(28-35)43-26-32(2)18-22-49(43)55-51/h4-30H,1-3H3. The Hall–Kier alpha value is -7.04. The van der Waals surface area contributed by atoms with Crippen molar-refractivity contribution in [3.8, 4) is 0 Å². The number of furan rings is 2. The fraction of sp³-hybridized carbons (Fsp3) is 0.0588. The zero-order valence-corrected chi connectivity index (χ0v) is 30.8. The van der Waals surface area contributed by atoms with Crippen molar-refractivity contribution in [2.45, 2.75) is 13.8 Å². The first-order valence-electron chi connectivity index (χ1n) is 18.8. The Morgan fingerprint density at radius 2 is 0.764 bits per heavy atom. The lowest BCUT2D eigenvalue weighted by atomic mass is 9.93. The first-order valence-corrected chi connectivity index (χ1v) is 18.8. The third-order valence-electron chi connectivity index (χ3n) is 11.3. The van der Waals surface area contributed by atoms with Crippen molar-refractivity contribution in [1.82, 2.24) is 0 Å². The molecule has 0 amide bonds. The van der Waals surface area contributed by atoms with E-state index in [1.54, 1.807) is 0 Å². The third-order valence-corrected chi connectivity index (χ3v) is 11.3. The van der Waals surface area contributed by atoms with Gasteiger partial charge in [-0.3, -0.25) is 0 Å². The number of hydrogen-bond donors (Lipinski definition) is 0. The summed E-state index contributed by atoms with van der Waals surface area (Å²) >= 11 is 0. The van der Waals surface area contributed by atoms with Crippen molar-refractivity contribution in [1.29, 1.82) is 0 Å². The molecule has 0 atom stereocenters. The van der Waals surface area contributed by atoms with Gasteiger partial charge in [-0.1, -0.05) is 90.0 Å². The van der Waals surface area contributed by atoms with E-state index in [2.05, 4.69) is 194 Å². The Bertz CT molecular complexity index is 3320. The van der Waals surface area contributed by atoms with E-state index < -0.39 is 0 Å². The van der Waals surface area contributed by atoms with Gasteiger partial charge in [0.25, 0.3) is 0 Å². The summed E-state index contributed by atoms with van der Waals surface area (Å²) in [5.74, 6) is 0. The number of hydrogen-bond acceptors (Lipinski definition) is 4. The van der Waals surface area contributed by atoms with Crippen LogP contribution in [-0.4, -0.2) is 7.05 Å². The van der Waals surface area contributed by atoms with Crippen molar-refractivity contribution in [3.05, 3.63) is 175 Å². The molecule has 0 spiro atoms. The molecule has 11 aromatic rings. The highest BCUT2D eigenvalue weighted by molar-refractivity contribution is 6.24. The molecule has 9 aromatic carbocycles. The van der Waals surface area contributed by atoms with E-state index >= 15 is 0 Å². The van der Waals surface area contributed by atoms with Crippen LogP contribution in [0, 0.1) is 13.8 Å². The van der Waals surface area contributed by atoms with E-state index in [1.165, 1.54) is 43.4 Å². The minimum Gasteiger partial charge on any atom is -0.456 e. The van der Waals surface area contributed by atoms with Gasteiger partial charge in [-0.05, 0) is 120 Å². The molecule has 0 fully saturated rings. The van der Waals surface area contributed by atoms with Crippen LogP contribution in [0.5, 0.6) is 0 Å². The first kappa shape index (κ1) is 31.5. The lowest BCUT2D eigenvalue weighted by Gasteiger charge is -2.28. The van der Waals surface area contributed by atoms with Gasteiger partial charge in [0.15, 0.2) is 0 Å². The molecule has 262 valence electrons. The Kier molecular flexibility index (Phi) is 6.86. The monoisotopic (exact) mass is 708 g/mol. The molecule has 2 heterocycles. The molecule has 0 N–H and O–H groups in total. The van der Waals surface area contributed by atoms with E-state index in [4.69, 9.17) is 8.83 Å². The van der Waals surface area contributed by atoms with Crippen LogP contribution in [0.15, 0.2) is 173 Å². The number of anilines is 5. The Morgan fingerprint density at radius 1 is 0.327 bits per heavy atom. The summed E-state index contributed by atoms with van der Waals surface area (Å²) in [5.41, 5.74) is 11.6. The molecule has 0 saturated carbocycles. The maximum atomic E-state index is 6.31. The van der Waals surface area contributed by atoms with Gasteiger partial charge in [0.1, 0.15) is 22.3 Å². The van der Waals surface area contributed by atoms with Crippen LogP contribution in [-0.2, 0) is 0 Å². The van der Waals surface area contributed by atoms with Crippen LogP contribution in [0.25, 0.3) is 76.2 Å². The summed E-state index contributed by atoms with van der Waals surface area (Å²) in [6, 6.07) is 59.0. The number of aryl methyl sites for hydroxylation is 2. The van der Waals surface area contributed by atoms with Crippen molar-refractivity contribution in [2.75, 3.05) is 16.8 Å². The van der Waals surface area contributed by atoms with Crippen molar-refractivity contribution >= 4 is 105 Å². The van der Waals surface area contributed by atoms with E-state index in [0.29, 0.717) is 0 Å². The second-order valence-corrected chi connectivity index (χ2v) is 14.8. The SMILES string of the molecule is Cc1ccc2oc3ccc(N(C)c4cc5c6ccccc6c(N(c6ccccc6)c6ccc7oc8ccc(C)cc8c7c6)cc5c5ccccc45)cc3c2c1. The molecule has 0 radical (unpaired) electrons. The molecular formula is C51H36N2O2. The van der Waals surface area contributed by atoms with E-state index in [0.717, 1.165) is 72.3 Å². The quantitative estimate of drug-likeness (QED) is 0.167. The maximum Gasteiger partial charge on any atom is 0.135 e. The largest absolute Gasteiger partial charge is 0.456 e.